The number of rotatable bonds is 3. The molecule has 0 bridgehead atoms. The van der Waals surface area contributed by atoms with Crippen LogP contribution in [-0.4, -0.2) is 11.4 Å². The van der Waals surface area contributed by atoms with E-state index in [0.717, 1.165) is 18.4 Å². The molecule has 1 N–H and O–H groups in total. The maximum Gasteiger partial charge on any atom is 0.0896 e. The fraction of sp³-hybridized carbons (Fsp3) is 0.500. The molecule has 1 aromatic rings. The predicted octanol–water partition coefficient (Wildman–Crippen LogP) is 3.03. The molecule has 0 unspecified atom stereocenters. The first-order chi connectivity index (χ1) is 6.64. The lowest BCUT2D eigenvalue weighted by atomic mass is 9.91. The molecule has 1 saturated carbocycles. The van der Waals surface area contributed by atoms with E-state index in [2.05, 4.69) is 18.4 Å². The lowest BCUT2D eigenvalue weighted by Gasteiger charge is -2.23. The molecule has 0 amide bonds. The van der Waals surface area contributed by atoms with Crippen LogP contribution in [0.5, 0.6) is 0 Å². The molecular weight excluding hydrogens is 192 g/mol. The van der Waals surface area contributed by atoms with Crippen LogP contribution in [0.25, 0.3) is 0 Å². The molecule has 1 aliphatic rings. The third-order valence-corrected chi connectivity index (χ3v) is 3.79. The normalized spacial score (nSPS) is 20.5. The standard InChI is InChI=1S/C12H16OS/c1-12(13,9-3-4-9)10-5-7-11(14-2)8-6-10/h5-9,13H,3-4H2,1-2H3/t12-/m0/s1. The largest absolute Gasteiger partial charge is 0.385 e. The zero-order valence-electron chi connectivity index (χ0n) is 8.66. The summed E-state index contributed by atoms with van der Waals surface area (Å²) in [5, 5.41) is 10.3. The maximum absolute atomic E-state index is 10.3. The summed E-state index contributed by atoms with van der Waals surface area (Å²) < 4.78 is 0. The minimum atomic E-state index is -0.614. The molecule has 2 heteroatoms. The van der Waals surface area contributed by atoms with Gasteiger partial charge in [0.15, 0.2) is 0 Å². The van der Waals surface area contributed by atoms with Gasteiger partial charge >= 0.3 is 0 Å². The number of hydrogen-bond donors (Lipinski definition) is 1. The first-order valence-electron chi connectivity index (χ1n) is 5.01. The van der Waals surface area contributed by atoms with Gasteiger partial charge in [0.2, 0.25) is 0 Å². The molecule has 2 rings (SSSR count). The first kappa shape index (κ1) is 10.1. The highest BCUT2D eigenvalue weighted by Crippen LogP contribution is 2.45. The van der Waals surface area contributed by atoms with Crippen molar-refractivity contribution in [3.63, 3.8) is 0 Å². The van der Waals surface area contributed by atoms with E-state index < -0.39 is 5.60 Å². The van der Waals surface area contributed by atoms with E-state index in [1.54, 1.807) is 11.8 Å². The van der Waals surface area contributed by atoms with Crippen LogP contribution in [-0.2, 0) is 5.60 Å². The van der Waals surface area contributed by atoms with Crippen LogP contribution in [0.4, 0.5) is 0 Å². The van der Waals surface area contributed by atoms with Gasteiger partial charge in [-0.15, -0.1) is 11.8 Å². The second-order valence-electron chi connectivity index (χ2n) is 4.15. The SMILES string of the molecule is CSc1ccc([C@@](C)(O)C2CC2)cc1. The Kier molecular flexibility index (Phi) is 2.58. The minimum absolute atomic E-state index is 0.475. The summed E-state index contributed by atoms with van der Waals surface area (Å²) in [6, 6.07) is 8.25. The molecule has 1 fully saturated rings. The van der Waals surface area contributed by atoms with Gasteiger partial charge in [-0.25, -0.2) is 0 Å². The van der Waals surface area contributed by atoms with Crippen LogP contribution in [0.3, 0.4) is 0 Å². The lowest BCUT2D eigenvalue weighted by Crippen LogP contribution is -2.23. The summed E-state index contributed by atoms with van der Waals surface area (Å²) in [5.41, 5.74) is 0.439. The molecule has 14 heavy (non-hydrogen) atoms. The van der Waals surface area contributed by atoms with Gasteiger partial charge in [0, 0.05) is 4.90 Å². The third kappa shape index (κ3) is 1.82. The summed E-state index contributed by atoms with van der Waals surface area (Å²) >= 11 is 1.73. The zero-order valence-corrected chi connectivity index (χ0v) is 9.47. The Morgan fingerprint density at radius 2 is 1.86 bits per heavy atom. The van der Waals surface area contributed by atoms with Crippen LogP contribution >= 0.6 is 11.8 Å². The van der Waals surface area contributed by atoms with Crippen LogP contribution in [0.1, 0.15) is 25.3 Å². The highest BCUT2D eigenvalue weighted by atomic mass is 32.2. The van der Waals surface area contributed by atoms with E-state index in [1.807, 2.05) is 19.1 Å². The molecule has 0 aliphatic heterocycles. The number of thioether (sulfide) groups is 1. The molecule has 1 nitrogen and oxygen atoms in total. The van der Waals surface area contributed by atoms with Crippen LogP contribution < -0.4 is 0 Å². The van der Waals surface area contributed by atoms with E-state index in [4.69, 9.17) is 0 Å². The van der Waals surface area contributed by atoms with E-state index in [9.17, 15) is 5.11 Å². The Bertz CT molecular complexity index is 312. The molecule has 0 saturated heterocycles. The Balaban J connectivity index is 2.23. The van der Waals surface area contributed by atoms with Gasteiger partial charge < -0.3 is 5.11 Å². The summed E-state index contributed by atoms with van der Waals surface area (Å²) in [5.74, 6) is 0.475. The van der Waals surface area contributed by atoms with Crippen molar-refractivity contribution in [2.45, 2.75) is 30.3 Å². The van der Waals surface area contributed by atoms with Gasteiger partial charge in [-0.1, -0.05) is 12.1 Å². The van der Waals surface area contributed by atoms with Crippen molar-refractivity contribution in [1.29, 1.82) is 0 Å². The molecule has 1 atom stereocenters. The van der Waals surface area contributed by atoms with Crippen molar-refractivity contribution < 1.29 is 5.11 Å². The van der Waals surface area contributed by atoms with Gasteiger partial charge in [0.25, 0.3) is 0 Å². The second kappa shape index (κ2) is 3.59. The fourth-order valence-corrected chi connectivity index (χ4v) is 2.22. The summed E-state index contributed by atoms with van der Waals surface area (Å²) in [6.45, 7) is 1.93. The molecule has 0 aromatic heterocycles. The van der Waals surface area contributed by atoms with Crippen molar-refractivity contribution in [1.82, 2.24) is 0 Å². The van der Waals surface area contributed by atoms with Gasteiger partial charge in [-0.2, -0.15) is 0 Å². The average molecular weight is 208 g/mol. The van der Waals surface area contributed by atoms with Crippen molar-refractivity contribution in [3.05, 3.63) is 29.8 Å². The third-order valence-electron chi connectivity index (χ3n) is 3.05. The van der Waals surface area contributed by atoms with Crippen LogP contribution in [0.15, 0.2) is 29.2 Å². The molecular formula is C12H16OS. The molecule has 0 heterocycles. The van der Waals surface area contributed by atoms with Crippen molar-refractivity contribution >= 4 is 11.8 Å². The molecule has 1 aromatic carbocycles. The van der Waals surface area contributed by atoms with Gasteiger partial charge in [-0.3, -0.25) is 0 Å². The van der Waals surface area contributed by atoms with Gasteiger partial charge in [0.05, 0.1) is 5.60 Å². The van der Waals surface area contributed by atoms with Crippen LogP contribution in [0, 0.1) is 5.92 Å². The topological polar surface area (TPSA) is 20.2 Å². The van der Waals surface area contributed by atoms with Gasteiger partial charge in [0.1, 0.15) is 0 Å². The Morgan fingerprint density at radius 3 is 2.29 bits per heavy atom. The highest BCUT2D eigenvalue weighted by Gasteiger charge is 2.40. The molecule has 1 aliphatic carbocycles. The quantitative estimate of drug-likeness (QED) is 0.770. The zero-order chi connectivity index (χ0) is 10.2. The number of aliphatic hydroxyl groups is 1. The van der Waals surface area contributed by atoms with E-state index in [-0.39, 0.29) is 0 Å². The smallest absolute Gasteiger partial charge is 0.0896 e. The summed E-state index contributed by atoms with van der Waals surface area (Å²) in [7, 11) is 0. The van der Waals surface area contributed by atoms with E-state index >= 15 is 0 Å². The van der Waals surface area contributed by atoms with Crippen LogP contribution in [0.2, 0.25) is 0 Å². The average Bonchev–Trinajstić information content (AvgIpc) is 3.01. The Morgan fingerprint density at radius 1 is 1.29 bits per heavy atom. The summed E-state index contributed by atoms with van der Waals surface area (Å²) in [4.78, 5) is 1.25. The molecule has 0 spiro atoms. The van der Waals surface area contributed by atoms with Crippen molar-refractivity contribution in [3.8, 4) is 0 Å². The second-order valence-corrected chi connectivity index (χ2v) is 5.03. The monoisotopic (exact) mass is 208 g/mol. The van der Waals surface area contributed by atoms with E-state index in [1.165, 1.54) is 4.90 Å². The van der Waals surface area contributed by atoms with E-state index in [0.29, 0.717) is 5.92 Å². The Hall–Kier alpha value is -0.470. The van der Waals surface area contributed by atoms with Crippen molar-refractivity contribution in [2.24, 2.45) is 5.92 Å². The lowest BCUT2D eigenvalue weighted by molar-refractivity contribution is 0.0330. The Labute approximate surface area is 89.5 Å². The number of hydrogen-bond acceptors (Lipinski definition) is 2. The first-order valence-corrected chi connectivity index (χ1v) is 6.24. The maximum atomic E-state index is 10.3. The summed E-state index contributed by atoms with van der Waals surface area (Å²) in [6.07, 6.45) is 4.39. The molecule has 0 radical (unpaired) electrons. The fourth-order valence-electron chi connectivity index (χ4n) is 1.81. The predicted molar refractivity (Wildman–Crippen MR) is 60.5 cm³/mol. The number of benzene rings is 1. The highest BCUT2D eigenvalue weighted by molar-refractivity contribution is 7.98. The molecule has 76 valence electrons. The van der Waals surface area contributed by atoms with Crippen molar-refractivity contribution in [2.75, 3.05) is 6.26 Å². The van der Waals surface area contributed by atoms with Gasteiger partial charge in [-0.05, 0) is 49.6 Å². The minimum Gasteiger partial charge on any atom is -0.385 e.